The molecule has 1 heterocycles. The lowest BCUT2D eigenvalue weighted by Crippen LogP contribution is -2.39. The fourth-order valence-corrected chi connectivity index (χ4v) is 6.26. The first kappa shape index (κ1) is 44.3. The smallest absolute Gasteiger partial charge is 0.354 e. The molecule has 5 rings (SSSR count). The zero-order chi connectivity index (χ0) is 42.0. The van der Waals surface area contributed by atoms with Crippen LogP contribution in [0.2, 0.25) is 0 Å². The Balaban J connectivity index is 0.000000280. The summed E-state index contributed by atoms with van der Waals surface area (Å²) in [6.07, 6.45) is 1.96. The topological polar surface area (TPSA) is 191 Å². The fourth-order valence-electron chi connectivity index (χ4n) is 6.26. The van der Waals surface area contributed by atoms with Crippen LogP contribution >= 0.6 is 0 Å². The molecule has 4 atom stereocenters. The molecule has 12 heteroatoms. The number of hydrogen-bond donors (Lipinski definition) is 4. The third kappa shape index (κ3) is 14.0. The molecule has 0 aliphatic heterocycles. The maximum Gasteiger partial charge on any atom is 0.354 e. The summed E-state index contributed by atoms with van der Waals surface area (Å²) >= 11 is 0. The molecule has 5 aromatic rings. The third-order valence-electron chi connectivity index (χ3n) is 9.27. The molecular weight excluding hydrogens is 737 g/mol. The minimum absolute atomic E-state index is 0.0445. The number of carboxylic acid groups (broad SMARTS) is 2. The van der Waals surface area contributed by atoms with Gasteiger partial charge in [-0.2, -0.15) is 9.97 Å². The first-order valence-corrected chi connectivity index (χ1v) is 19.4. The monoisotopic (exact) mass is 788 g/mol. The number of carbonyl (C=O) groups is 4. The highest BCUT2D eigenvalue weighted by Gasteiger charge is 2.24. The van der Waals surface area contributed by atoms with Crippen molar-refractivity contribution in [1.29, 1.82) is 0 Å². The molecule has 0 spiro atoms. The van der Waals surface area contributed by atoms with Crippen LogP contribution in [0.3, 0.4) is 0 Å². The lowest BCUT2D eigenvalue weighted by atomic mass is 9.95. The number of benzene rings is 4. The number of carboxylic acids is 2. The average molecular weight is 789 g/mol. The number of nitrogens with zero attached hydrogens (tertiary/aromatic N) is 2. The van der Waals surface area contributed by atoms with E-state index in [0.717, 1.165) is 29.2 Å². The average Bonchev–Trinajstić information content (AvgIpc) is 3.22. The number of aromatic carboxylic acids is 1. The second-order valence-corrected chi connectivity index (χ2v) is 14.0. The van der Waals surface area contributed by atoms with Crippen molar-refractivity contribution in [2.75, 3.05) is 13.2 Å². The van der Waals surface area contributed by atoms with Crippen molar-refractivity contribution in [3.63, 3.8) is 0 Å². The van der Waals surface area contributed by atoms with E-state index in [2.05, 4.69) is 51.7 Å². The molecule has 0 fully saturated rings. The molecule has 0 saturated heterocycles. The van der Waals surface area contributed by atoms with Crippen molar-refractivity contribution in [1.82, 2.24) is 15.3 Å². The predicted molar refractivity (Wildman–Crippen MR) is 222 cm³/mol. The van der Waals surface area contributed by atoms with Crippen molar-refractivity contribution in [3.05, 3.63) is 138 Å². The Kier molecular flexibility index (Phi) is 17.1. The lowest BCUT2D eigenvalue weighted by Gasteiger charge is -2.21. The summed E-state index contributed by atoms with van der Waals surface area (Å²) in [6, 6.07) is 36.7. The second kappa shape index (κ2) is 22.4. The van der Waals surface area contributed by atoms with Crippen LogP contribution in [-0.4, -0.2) is 69.3 Å². The van der Waals surface area contributed by atoms with Gasteiger partial charge in [0.2, 0.25) is 0 Å². The molecule has 1 amide bonds. The van der Waals surface area contributed by atoms with Crippen molar-refractivity contribution < 1.29 is 38.9 Å². The number of aromatic nitrogens is 2. The molecule has 0 aliphatic carbocycles. The van der Waals surface area contributed by atoms with E-state index in [1.54, 1.807) is 13.8 Å². The Hall–Kier alpha value is -6.40. The number of nitrogens with one attached hydrogen (secondary N) is 1. The Morgan fingerprint density at radius 2 is 1.16 bits per heavy atom. The summed E-state index contributed by atoms with van der Waals surface area (Å²) < 4.78 is 10.2. The summed E-state index contributed by atoms with van der Waals surface area (Å²) in [5.41, 5.74) is 12.3. The van der Waals surface area contributed by atoms with Gasteiger partial charge in [0.15, 0.2) is 5.69 Å². The van der Waals surface area contributed by atoms with Gasteiger partial charge in [0.1, 0.15) is 5.69 Å². The zero-order valence-electron chi connectivity index (χ0n) is 33.3. The Labute approximate surface area is 339 Å². The summed E-state index contributed by atoms with van der Waals surface area (Å²) in [5, 5.41) is 21.5. The van der Waals surface area contributed by atoms with Gasteiger partial charge in [-0.25, -0.2) is 4.79 Å². The minimum Gasteiger partial charge on any atom is -0.481 e. The molecule has 304 valence electrons. The molecular formula is C46H52N4O8. The number of rotatable bonds is 18. The summed E-state index contributed by atoms with van der Waals surface area (Å²) in [4.78, 5) is 55.3. The number of ether oxygens (including phenoxy) is 2. The van der Waals surface area contributed by atoms with Gasteiger partial charge >= 0.3 is 23.9 Å². The van der Waals surface area contributed by atoms with E-state index in [1.807, 2.05) is 86.6 Å². The van der Waals surface area contributed by atoms with Gasteiger partial charge in [0, 0.05) is 18.2 Å². The van der Waals surface area contributed by atoms with Crippen molar-refractivity contribution in [2.45, 2.75) is 65.5 Å². The Bertz CT molecular complexity index is 2080. The molecule has 0 aliphatic rings. The zero-order valence-corrected chi connectivity index (χ0v) is 33.3. The van der Waals surface area contributed by atoms with Gasteiger partial charge in [-0.1, -0.05) is 123 Å². The van der Waals surface area contributed by atoms with Gasteiger partial charge in [-0.3, -0.25) is 14.4 Å². The molecule has 0 radical (unpaired) electrons. The molecule has 0 bridgehead atoms. The van der Waals surface area contributed by atoms with E-state index >= 15 is 0 Å². The summed E-state index contributed by atoms with van der Waals surface area (Å²) in [6.45, 7) is 7.56. The van der Waals surface area contributed by atoms with Crippen LogP contribution in [0.1, 0.15) is 72.6 Å². The van der Waals surface area contributed by atoms with Crippen LogP contribution in [-0.2, 0) is 27.2 Å². The van der Waals surface area contributed by atoms with E-state index in [4.69, 9.17) is 15.2 Å². The maximum atomic E-state index is 13.0. The molecule has 0 saturated carbocycles. The quantitative estimate of drug-likeness (QED) is 0.0643. The standard InChI is InChI=1S/C26H27N3O6.C20H25NO2/c1-3-35-26-28-21(15-22(29-26)25(33)34)23(30)27-20(13-16(2)24(31)32)14-17-9-11-19(12-10-17)18-7-5-4-6-8-18;1-3-23-20(22)15(2)13-19(21)14-16-9-11-18(12-10-16)17-7-5-4-6-8-17/h4-12,15-16,20H,3,13-14H2,1-2H3,(H,27,30)(H,31,32)(H,33,34);4-12,15,19H,3,13-14,21H2,1-2H3/t16-,20+;15-,19+/m11/s1. The number of aliphatic carboxylic acids is 1. The van der Waals surface area contributed by atoms with E-state index in [-0.39, 0.29) is 48.4 Å². The number of nitrogens with two attached hydrogens (primary N) is 1. The van der Waals surface area contributed by atoms with E-state index in [9.17, 15) is 29.4 Å². The van der Waals surface area contributed by atoms with Crippen LogP contribution in [0.25, 0.3) is 22.3 Å². The molecule has 1 aromatic heterocycles. The van der Waals surface area contributed by atoms with E-state index in [1.165, 1.54) is 16.7 Å². The molecule has 58 heavy (non-hydrogen) atoms. The van der Waals surface area contributed by atoms with Crippen LogP contribution in [0.5, 0.6) is 6.01 Å². The molecule has 0 unspecified atom stereocenters. The normalized spacial score (nSPS) is 12.8. The molecule has 4 aromatic carbocycles. The second-order valence-electron chi connectivity index (χ2n) is 14.0. The number of esters is 1. The molecule has 5 N–H and O–H groups in total. The largest absolute Gasteiger partial charge is 0.481 e. The highest BCUT2D eigenvalue weighted by molar-refractivity contribution is 5.95. The highest BCUT2D eigenvalue weighted by Crippen LogP contribution is 2.22. The van der Waals surface area contributed by atoms with E-state index < -0.39 is 29.8 Å². The first-order valence-electron chi connectivity index (χ1n) is 19.4. The minimum atomic E-state index is -1.32. The Morgan fingerprint density at radius 3 is 1.64 bits per heavy atom. The van der Waals surface area contributed by atoms with Gasteiger partial charge in [-0.05, 0) is 72.9 Å². The fraction of sp³-hybridized carbons (Fsp3) is 0.304. The lowest BCUT2D eigenvalue weighted by molar-refractivity contribution is -0.147. The SMILES string of the molecule is CCOC(=O)[C@H](C)C[C@H](N)Cc1ccc(-c2ccccc2)cc1.CCOc1nc(C(=O)O)cc(C(=O)N[C@H](Cc2ccc(-c3ccccc3)cc2)C[C@@H](C)C(=O)O)n1. The predicted octanol–water partition coefficient (Wildman–Crippen LogP) is 7.51. The third-order valence-corrected chi connectivity index (χ3v) is 9.27. The summed E-state index contributed by atoms with van der Waals surface area (Å²) in [5.74, 6) is -3.97. The summed E-state index contributed by atoms with van der Waals surface area (Å²) in [7, 11) is 0. The first-order chi connectivity index (χ1) is 27.9. The molecule has 12 nitrogen and oxygen atoms in total. The highest BCUT2D eigenvalue weighted by atomic mass is 16.5. The van der Waals surface area contributed by atoms with Crippen LogP contribution in [0.15, 0.2) is 115 Å². The number of amides is 1. The van der Waals surface area contributed by atoms with Crippen molar-refractivity contribution >= 4 is 23.8 Å². The van der Waals surface area contributed by atoms with Gasteiger partial charge in [0.05, 0.1) is 25.0 Å². The van der Waals surface area contributed by atoms with Crippen molar-refractivity contribution in [2.24, 2.45) is 17.6 Å². The van der Waals surface area contributed by atoms with Crippen LogP contribution < -0.4 is 15.8 Å². The van der Waals surface area contributed by atoms with Crippen molar-refractivity contribution in [3.8, 4) is 28.3 Å². The van der Waals surface area contributed by atoms with Crippen LogP contribution in [0, 0.1) is 11.8 Å². The van der Waals surface area contributed by atoms with Gasteiger partial charge in [0.25, 0.3) is 5.91 Å². The van der Waals surface area contributed by atoms with Gasteiger partial charge < -0.3 is 30.7 Å². The van der Waals surface area contributed by atoms with Gasteiger partial charge in [-0.15, -0.1) is 0 Å². The maximum absolute atomic E-state index is 13.0. The van der Waals surface area contributed by atoms with E-state index in [0.29, 0.717) is 19.4 Å². The number of carbonyl (C=O) groups excluding carboxylic acids is 2. The number of hydrogen-bond acceptors (Lipinski definition) is 9. The Morgan fingerprint density at radius 1 is 0.655 bits per heavy atom. The van der Waals surface area contributed by atoms with Crippen LogP contribution in [0.4, 0.5) is 0 Å².